The highest BCUT2D eigenvalue weighted by Crippen LogP contribution is 2.37. The van der Waals surface area contributed by atoms with Gasteiger partial charge in [-0.3, -0.25) is 24.6 Å². The minimum Gasteiger partial charge on any atom is -0.492 e. The molecule has 1 fully saturated rings. The Hall–Kier alpha value is -3.27. The van der Waals surface area contributed by atoms with Crippen molar-refractivity contribution in [1.29, 1.82) is 0 Å². The molecule has 0 radical (unpaired) electrons. The van der Waals surface area contributed by atoms with Crippen LogP contribution in [0.15, 0.2) is 81.4 Å². The molecule has 4 rings (SSSR count). The maximum atomic E-state index is 12.8. The Kier molecular flexibility index (Phi) is 7.80. The number of nitrogens with zero attached hydrogens (tertiary/aromatic N) is 2. The smallest absolute Gasteiger partial charge is 0.293 e. The van der Waals surface area contributed by atoms with E-state index in [1.165, 1.54) is 23.9 Å². The lowest BCUT2D eigenvalue weighted by atomic mass is 10.2. The molecular formula is C25H19ClN2O5S2. The van der Waals surface area contributed by atoms with Crippen molar-refractivity contribution in [2.75, 3.05) is 13.2 Å². The Bertz CT molecular complexity index is 1310. The Balaban J connectivity index is 1.46. The van der Waals surface area contributed by atoms with Crippen molar-refractivity contribution in [3.63, 3.8) is 0 Å². The zero-order valence-corrected chi connectivity index (χ0v) is 20.9. The molecule has 0 N–H and O–H groups in total. The number of halogens is 1. The predicted molar refractivity (Wildman–Crippen MR) is 138 cm³/mol. The maximum absolute atomic E-state index is 12.8. The molecule has 0 aliphatic carbocycles. The second-order valence-corrected chi connectivity index (χ2v) is 10.1. The summed E-state index contributed by atoms with van der Waals surface area (Å²) in [5, 5.41) is 11.9. The van der Waals surface area contributed by atoms with Crippen LogP contribution in [-0.4, -0.2) is 34.1 Å². The minimum atomic E-state index is -0.469. The van der Waals surface area contributed by atoms with Gasteiger partial charge in [0.25, 0.3) is 16.8 Å². The van der Waals surface area contributed by atoms with E-state index in [4.69, 9.17) is 16.3 Å². The second kappa shape index (κ2) is 11.0. The molecule has 1 aliphatic heterocycles. The summed E-state index contributed by atoms with van der Waals surface area (Å²) in [7, 11) is 0. The molecule has 7 nitrogen and oxygen atoms in total. The van der Waals surface area contributed by atoms with E-state index in [9.17, 15) is 19.7 Å². The summed E-state index contributed by atoms with van der Waals surface area (Å²) >= 11 is 7.95. The van der Waals surface area contributed by atoms with Gasteiger partial charge in [0, 0.05) is 16.0 Å². The second-order valence-electron chi connectivity index (χ2n) is 7.54. The van der Waals surface area contributed by atoms with Gasteiger partial charge in [-0.15, -0.1) is 0 Å². The van der Waals surface area contributed by atoms with E-state index in [1.54, 1.807) is 36.4 Å². The van der Waals surface area contributed by atoms with Crippen molar-refractivity contribution >= 4 is 58.0 Å². The molecule has 178 valence electrons. The normalized spacial score (nSPS) is 14.6. The third-order valence-electron chi connectivity index (χ3n) is 5.00. The Morgan fingerprint density at radius 2 is 1.80 bits per heavy atom. The SMILES string of the molecule is Cc1ccc(OCCN2C(=O)S/C(=C\c3ccc(Sc4ccc(Cl)cc4)c([N+](=O)[O-])c3)C2=O)cc1. The first-order valence-electron chi connectivity index (χ1n) is 10.5. The van der Waals surface area contributed by atoms with Crippen molar-refractivity contribution < 1.29 is 19.2 Å². The number of hydrogen-bond donors (Lipinski definition) is 0. The number of hydrogen-bond acceptors (Lipinski definition) is 7. The number of aryl methyl sites for hydroxylation is 1. The van der Waals surface area contributed by atoms with Crippen LogP contribution in [0.2, 0.25) is 5.02 Å². The van der Waals surface area contributed by atoms with Crippen molar-refractivity contribution in [2.24, 2.45) is 0 Å². The van der Waals surface area contributed by atoms with E-state index in [2.05, 4.69) is 0 Å². The number of rotatable bonds is 8. The van der Waals surface area contributed by atoms with Gasteiger partial charge in [0.05, 0.1) is 21.3 Å². The van der Waals surface area contributed by atoms with Gasteiger partial charge in [-0.05, 0) is 72.8 Å². The van der Waals surface area contributed by atoms with Crippen molar-refractivity contribution in [2.45, 2.75) is 16.7 Å². The fourth-order valence-corrected chi connectivity index (χ4v) is 5.11. The lowest BCUT2D eigenvalue weighted by Gasteiger charge is -2.13. The number of amides is 2. The van der Waals surface area contributed by atoms with Gasteiger partial charge in [-0.2, -0.15) is 0 Å². The Morgan fingerprint density at radius 3 is 2.49 bits per heavy atom. The summed E-state index contributed by atoms with van der Waals surface area (Å²) in [6.07, 6.45) is 1.50. The number of nitro groups is 1. The van der Waals surface area contributed by atoms with Crippen LogP contribution in [-0.2, 0) is 4.79 Å². The average molecular weight is 527 g/mol. The van der Waals surface area contributed by atoms with Crippen LogP contribution < -0.4 is 4.74 Å². The van der Waals surface area contributed by atoms with Crippen LogP contribution in [0.1, 0.15) is 11.1 Å². The number of nitro benzene ring substituents is 1. The third-order valence-corrected chi connectivity index (χ3v) is 7.23. The first-order valence-corrected chi connectivity index (χ1v) is 12.5. The van der Waals surface area contributed by atoms with Crippen LogP contribution in [0.5, 0.6) is 5.75 Å². The van der Waals surface area contributed by atoms with E-state index in [-0.39, 0.29) is 23.7 Å². The number of ether oxygens (including phenoxy) is 1. The van der Waals surface area contributed by atoms with Crippen LogP contribution in [0.3, 0.4) is 0 Å². The van der Waals surface area contributed by atoms with Gasteiger partial charge in [0.15, 0.2) is 0 Å². The largest absolute Gasteiger partial charge is 0.492 e. The predicted octanol–water partition coefficient (Wildman–Crippen LogP) is 6.82. The van der Waals surface area contributed by atoms with Gasteiger partial charge in [0.1, 0.15) is 12.4 Å². The summed E-state index contributed by atoms with van der Waals surface area (Å²) in [6.45, 7) is 2.24. The summed E-state index contributed by atoms with van der Waals surface area (Å²) < 4.78 is 5.62. The Labute approximate surface area is 215 Å². The van der Waals surface area contributed by atoms with E-state index < -0.39 is 16.1 Å². The molecule has 1 aliphatic rings. The molecule has 1 saturated heterocycles. The fourth-order valence-electron chi connectivity index (χ4n) is 3.22. The molecular weight excluding hydrogens is 508 g/mol. The molecule has 35 heavy (non-hydrogen) atoms. The summed E-state index contributed by atoms with van der Waals surface area (Å²) in [5.41, 5.74) is 1.47. The van der Waals surface area contributed by atoms with Gasteiger partial charge in [0.2, 0.25) is 0 Å². The van der Waals surface area contributed by atoms with E-state index >= 15 is 0 Å². The fraction of sp³-hybridized carbons (Fsp3) is 0.120. The minimum absolute atomic E-state index is 0.0931. The maximum Gasteiger partial charge on any atom is 0.293 e. The van der Waals surface area contributed by atoms with Crippen LogP contribution in [0.25, 0.3) is 6.08 Å². The van der Waals surface area contributed by atoms with Gasteiger partial charge in [-0.1, -0.05) is 47.1 Å². The van der Waals surface area contributed by atoms with E-state index in [0.717, 1.165) is 27.1 Å². The number of benzene rings is 3. The Morgan fingerprint density at radius 1 is 1.09 bits per heavy atom. The molecule has 1 heterocycles. The average Bonchev–Trinajstić information content (AvgIpc) is 3.10. The first-order chi connectivity index (χ1) is 16.8. The number of thioether (sulfide) groups is 1. The lowest BCUT2D eigenvalue weighted by molar-refractivity contribution is -0.387. The molecule has 0 bridgehead atoms. The zero-order valence-electron chi connectivity index (χ0n) is 18.5. The van der Waals surface area contributed by atoms with Crippen LogP contribution in [0, 0.1) is 17.0 Å². The molecule has 0 unspecified atom stereocenters. The quantitative estimate of drug-likeness (QED) is 0.180. The van der Waals surface area contributed by atoms with E-state index in [0.29, 0.717) is 21.2 Å². The molecule has 3 aromatic carbocycles. The first kappa shape index (κ1) is 24.8. The standard InChI is InChI=1S/C25H19ClN2O5S2/c1-16-2-7-19(8-3-16)33-13-12-27-24(29)23(35-25(27)30)15-17-4-11-22(21(14-17)28(31)32)34-20-9-5-18(26)6-10-20/h2-11,14-15H,12-13H2,1H3/b23-15-. The highest BCUT2D eigenvalue weighted by atomic mass is 35.5. The van der Waals surface area contributed by atoms with Crippen LogP contribution in [0.4, 0.5) is 10.5 Å². The number of carbonyl (C=O) groups excluding carboxylic acids is 2. The molecule has 0 atom stereocenters. The molecule has 2 amide bonds. The highest BCUT2D eigenvalue weighted by molar-refractivity contribution is 8.18. The topological polar surface area (TPSA) is 89.8 Å². The van der Waals surface area contributed by atoms with E-state index in [1.807, 2.05) is 31.2 Å². The molecule has 0 aromatic heterocycles. The zero-order chi connectivity index (χ0) is 24.9. The highest BCUT2D eigenvalue weighted by Gasteiger charge is 2.35. The van der Waals surface area contributed by atoms with Crippen molar-refractivity contribution in [1.82, 2.24) is 4.90 Å². The van der Waals surface area contributed by atoms with Crippen LogP contribution >= 0.6 is 35.1 Å². The summed E-state index contributed by atoms with van der Waals surface area (Å²) in [4.78, 5) is 38.9. The van der Waals surface area contributed by atoms with Crippen molar-refractivity contribution in [3.8, 4) is 5.75 Å². The van der Waals surface area contributed by atoms with Gasteiger partial charge >= 0.3 is 0 Å². The molecule has 10 heteroatoms. The third kappa shape index (κ3) is 6.25. The summed E-state index contributed by atoms with van der Waals surface area (Å²) in [5.74, 6) is 0.205. The van der Waals surface area contributed by atoms with Gasteiger partial charge < -0.3 is 4.74 Å². The van der Waals surface area contributed by atoms with Gasteiger partial charge in [-0.25, -0.2) is 0 Å². The molecule has 0 saturated carbocycles. The monoisotopic (exact) mass is 526 g/mol. The van der Waals surface area contributed by atoms with Crippen molar-refractivity contribution in [3.05, 3.63) is 97.9 Å². The molecule has 0 spiro atoms. The number of carbonyl (C=O) groups is 2. The lowest BCUT2D eigenvalue weighted by Crippen LogP contribution is -2.32. The summed E-state index contributed by atoms with van der Waals surface area (Å²) in [6, 6.07) is 19.2. The number of imide groups is 1. The molecule has 3 aromatic rings.